The zero-order valence-electron chi connectivity index (χ0n) is 13.7. The van der Waals surface area contributed by atoms with Gasteiger partial charge in [-0.15, -0.1) is 0 Å². The van der Waals surface area contributed by atoms with Crippen molar-refractivity contribution in [1.82, 2.24) is 10.6 Å². The largest absolute Gasteiger partial charge is 0.379 e. The number of hydrogen-bond donors (Lipinski definition) is 2. The van der Waals surface area contributed by atoms with Crippen molar-refractivity contribution >= 4 is 0 Å². The highest BCUT2D eigenvalue weighted by atomic mass is 19.1. The molecule has 1 aromatic carbocycles. The van der Waals surface area contributed by atoms with Crippen molar-refractivity contribution in [1.29, 1.82) is 0 Å². The fourth-order valence-corrected chi connectivity index (χ4v) is 4.45. The first kappa shape index (κ1) is 15.6. The van der Waals surface area contributed by atoms with E-state index < -0.39 is 0 Å². The molecule has 3 unspecified atom stereocenters. The van der Waals surface area contributed by atoms with E-state index in [4.69, 9.17) is 4.74 Å². The molecular weight excluding hydrogens is 291 g/mol. The van der Waals surface area contributed by atoms with Gasteiger partial charge < -0.3 is 15.4 Å². The van der Waals surface area contributed by atoms with Gasteiger partial charge >= 0.3 is 0 Å². The summed E-state index contributed by atoms with van der Waals surface area (Å²) in [5.41, 5.74) is 1.34. The van der Waals surface area contributed by atoms with Crippen molar-refractivity contribution < 1.29 is 9.13 Å². The summed E-state index contributed by atoms with van der Waals surface area (Å²) >= 11 is 0. The van der Waals surface area contributed by atoms with Crippen molar-refractivity contribution in [3.05, 3.63) is 35.6 Å². The van der Waals surface area contributed by atoms with Gasteiger partial charge in [0.1, 0.15) is 5.82 Å². The maximum absolute atomic E-state index is 13.5. The van der Waals surface area contributed by atoms with Crippen LogP contribution in [0.5, 0.6) is 0 Å². The fraction of sp³-hybridized carbons (Fsp3) is 0.684. The molecule has 2 aliphatic carbocycles. The van der Waals surface area contributed by atoms with Crippen molar-refractivity contribution in [3.63, 3.8) is 0 Å². The third kappa shape index (κ3) is 3.30. The third-order valence-corrected chi connectivity index (χ3v) is 6.03. The minimum atomic E-state index is -0.115. The van der Waals surface area contributed by atoms with Gasteiger partial charge in [-0.2, -0.15) is 0 Å². The molecule has 0 radical (unpaired) electrons. The van der Waals surface area contributed by atoms with E-state index in [-0.39, 0.29) is 11.2 Å². The van der Waals surface area contributed by atoms with Crippen molar-refractivity contribution in [3.8, 4) is 0 Å². The molecule has 2 saturated carbocycles. The standard InChI is InChI=1S/C19H27FN2O/c20-15-4-1-3-14(11-15)19(7-8-19)13-22-17-6-2-5-16(17)18-12-23-10-9-21-18/h1,3-4,11,16-18,21-22H,2,5-10,12-13H2. The summed E-state index contributed by atoms with van der Waals surface area (Å²) < 4.78 is 19.2. The van der Waals surface area contributed by atoms with E-state index in [0.717, 1.165) is 26.3 Å². The Kier molecular flexibility index (Phi) is 4.39. The van der Waals surface area contributed by atoms with Crippen LogP contribution in [0.4, 0.5) is 4.39 Å². The molecule has 3 aliphatic rings. The third-order valence-electron chi connectivity index (χ3n) is 6.03. The molecule has 0 aromatic heterocycles. The lowest BCUT2D eigenvalue weighted by Crippen LogP contribution is -2.51. The molecule has 1 aliphatic heterocycles. The van der Waals surface area contributed by atoms with E-state index >= 15 is 0 Å². The summed E-state index contributed by atoms with van der Waals surface area (Å²) in [4.78, 5) is 0. The second kappa shape index (κ2) is 6.50. The number of morpholine rings is 1. The van der Waals surface area contributed by atoms with Crippen LogP contribution in [0.15, 0.2) is 24.3 Å². The van der Waals surface area contributed by atoms with Crippen LogP contribution in [0.3, 0.4) is 0 Å². The molecule has 2 N–H and O–H groups in total. The molecule has 1 heterocycles. The Bertz CT molecular complexity index is 540. The van der Waals surface area contributed by atoms with Crippen molar-refractivity contribution in [2.45, 2.75) is 49.6 Å². The second-order valence-corrected chi connectivity index (χ2v) is 7.51. The number of halogens is 1. The van der Waals surface area contributed by atoms with E-state index in [1.165, 1.54) is 43.7 Å². The number of benzene rings is 1. The van der Waals surface area contributed by atoms with Gasteiger partial charge in [0.25, 0.3) is 0 Å². The number of rotatable bonds is 5. The number of hydrogen-bond acceptors (Lipinski definition) is 3. The zero-order valence-corrected chi connectivity index (χ0v) is 13.7. The van der Waals surface area contributed by atoms with E-state index in [1.54, 1.807) is 6.07 Å². The molecule has 1 saturated heterocycles. The van der Waals surface area contributed by atoms with Crippen LogP contribution in [0.2, 0.25) is 0 Å². The van der Waals surface area contributed by atoms with E-state index in [0.29, 0.717) is 18.0 Å². The van der Waals surface area contributed by atoms with Crippen LogP contribution >= 0.6 is 0 Å². The SMILES string of the molecule is Fc1cccc(C2(CNC3CCCC3C3COCCN3)CC2)c1. The molecule has 4 heteroatoms. The quantitative estimate of drug-likeness (QED) is 0.875. The van der Waals surface area contributed by atoms with Gasteiger partial charge in [-0.1, -0.05) is 18.6 Å². The number of nitrogens with one attached hydrogen (secondary N) is 2. The van der Waals surface area contributed by atoms with Crippen LogP contribution in [0.25, 0.3) is 0 Å². The first-order valence-corrected chi connectivity index (χ1v) is 9.07. The fourth-order valence-electron chi connectivity index (χ4n) is 4.45. The molecule has 0 spiro atoms. The van der Waals surface area contributed by atoms with Gasteiger partial charge in [0.05, 0.1) is 13.2 Å². The monoisotopic (exact) mass is 318 g/mol. The Morgan fingerprint density at radius 1 is 1.30 bits per heavy atom. The molecule has 126 valence electrons. The predicted octanol–water partition coefficient (Wildman–Crippen LogP) is 2.60. The highest BCUT2D eigenvalue weighted by molar-refractivity contribution is 5.32. The predicted molar refractivity (Wildman–Crippen MR) is 89.1 cm³/mol. The summed E-state index contributed by atoms with van der Waals surface area (Å²) in [6.45, 7) is 3.63. The maximum Gasteiger partial charge on any atom is 0.123 e. The van der Waals surface area contributed by atoms with Gasteiger partial charge in [-0.25, -0.2) is 4.39 Å². The molecule has 0 bridgehead atoms. The molecule has 23 heavy (non-hydrogen) atoms. The van der Waals surface area contributed by atoms with Gasteiger partial charge in [0, 0.05) is 30.6 Å². The molecule has 3 atom stereocenters. The van der Waals surface area contributed by atoms with E-state index in [9.17, 15) is 4.39 Å². The van der Waals surface area contributed by atoms with E-state index in [2.05, 4.69) is 16.7 Å². The van der Waals surface area contributed by atoms with Crippen molar-refractivity contribution in [2.75, 3.05) is 26.3 Å². The second-order valence-electron chi connectivity index (χ2n) is 7.51. The highest BCUT2D eigenvalue weighted by Gasteiger charge is 2.45. The summed E-state index contributed by atoms with van der Waals surface area (Å²) in [7, 11) is 0. The Balaban J connectivity index is 1.38. The lowest BCUT2D eigenvalue weighted by molar-refractivity contribution is 0.0524. The summed E-state index contributed by atoms with van der Waals surface area (Å²) in [6, 6.07) is 8.24. The van der Waals surface area contributed by atoms with Crippen LogP contribution < -0.4 is 10.6 Å². The minimum absolute atomic E-state index is 0.115. The summed E-state index contributed by atoms with van der Waals surface area (Å²) in [5, 5.41) is 7.46. The Labute approximate surface area is 138 Å². The van der Waals surface area contributed by atoms with Crippen molar-refractivity contribution in [2.24, 2.45) is 5.92 Å². The van der Waals surface area contributed by atoms with Crippen LogP contribution in [-0.2, 0) is 10.2 Å². The Hall–Kier alpha value is -0.970. The van der Waals surface area contributed by atoms with Gasteiger partial charge in [-0.05, 0) is 49.3 Å². The smallest absolute Gasteiger partial charge is 0.123 e. The average molecular weight is 318 g/mol. The Morgan fingerprint density at radius 3 is 2.96 bits per heavy atom. The molecule has 3 fully saturated rings. The molecule has 4 rings (SSSR count). The lowest BCUT2D eigenvalue weighted by Gasteiger charge is -2.33. The van der Waals surface area contributed by atoms with Gasteiger partial charge in [-0.3, -0.25) is 0 Å². The van der Waals surface area contributed by atoms with Crippen LogP contribution in [0, 0.1) is 11.7 Å². The average Bonchev–Trinajstić information content (AvgIpc) is 3.24. The van der Waals surface area contributed by atoms with Crippen LogP contribution in [-0.4, -0.2) is 38.4 Å². The van der Waals surface area contributed by atoms with Crippen LogP contribution in [0.1, 0.15) is 37.7 Å². The molecule has 1 aromatic rings. The molecule has 3 nitrogen and oxygen atoms in total. The van der Waals surface area contributed by atoms with Gasteiger partial charge in [0.15, 0.2) is 0 Å². The van der Waals surface area contributed by atoms with Gasteiger partial charge in [0.2, 0.25) is 0 Å². The molecular formula is C19H27FN2O. The topological polar surface area (TPSA) is 33.3 Å². The summed E-state index contributed by atoms with van der Waals surface area (Å²) in [6.07, 6.45) is 6.18. The lowest BCUT2D eigenvalue weighted by atomic mass is 9.91. The Morgan fingerprint density at radius 2 is 2.22 bits per heavy atom. The minimum Gasteiger partial charge on any atom is -0.379 e. The normalized spacial score (nSPS) is 32.8. The maximum atomic E-state index is 13.5. The highest BCUT2D eigenvalue weighted by Crippen LogP contribution is 2.48. The van der Waals surface area contributed by atoms with E-state index in [1.807, 2.05) is 6.07 Å². The number of ether oxygens (including phenoxy) is 1. The first-order chi connectivity index (χ1) is 11.3. The molecule has 0 amide bonds. The zero-order chi connectivity index (χ0) is 15.7. The summed E-state index contributed by atoms with van der Waals surface area (Å²) in [5.74, 6) is 0.551. The first-order valence-electron chi connectivity index (χ1n) is 9.07.